The summed E-state index contributed by atoms with van der Waals surface area (Å²) >= 11 is 1.73. The molecule has 33 heavy (non-hydrogen) atoms. The van der Waals surface area contributed by atoms with Gasteiger partial charge in [0.05, 0.1) is 12.1 Å². The minimum absolute atomic E-state index is 0.00466. The van der Waals surface area contributed by atoms with Gasteiger partial charge in [-0.05, 0) is 62.3 Å². The Labute approximate surface area is 199 Å². The SMILES string of the molecule is CC(C)NC(=O)N(CC(=O)N1CCc2sccc2C1COc1ccccc1)CC1CCCO1. The van der Waals surface area contributed by atoms with Gasteiger partial charge in [0, 0.05) is 30.6 Å². The van der Waals surface area contributed by atoms with Crippen molar-refractivity contribution in [2.75, 3.05) is 32.8 Å². The van der Waals surface area contributed by atoms with Crippen LogP contribution in [-0.4, -0.2) is 66.7 Å². The normalized spacial score (nSPS) is 19.9. The van der Waals surface area contributed by atoms with Gasteiger partial charge in [0.1, 0.15) is 18.9 Å². The van der Waals surface area contributed by atoms with Crippen molar-refractivity contribution in [3.05, 3.63) is 52.2 Å². The molecule has 0 aliphatic carbocycles. The number of hydrogen-bond acceptors (Lipinski definition) is 5. The fraction of sp³-hybridized carbons (Fsp3) is 0.520. The van der Waals surface area contributed by atoms with Gasteiger partial charge in [0.2, 0.25) is 5.91 Å². The van der Waals surface area contributed by atoms with Crippen LogP contribution in [-0.2, 0) is 16.0 Å². The van der Waals surface area contributed by atoms with Crippen LogP contribution in [0.25, 0.3) is 0 Å². The Hall–Kier alpha value is -2.58. The summed E-state index contributed by atoms with van der Waals surface area (Å²) in [5.74, 6) is 0.717. The van der Waals surface area contributed by atoms with E-state index < -0.39 is 0 Å². The third-order valence-electron chi connectivity index (χ3n) is 6.04. The number of thiophene rings is 1. The zero-order valence-corrected chi connectivity index (χ0v) is 20.2. The Morgan fingerprint density at radius 3 is 2.82 bits per heavy atom. The highest BCUT2D eigenvalue weighted by molar-refractivity contribution is 7.10. The predicted molar refractivity (Wildman–Crippen MR) is 129 cm³/mol. The standard InChI is InChI=1S/C25H33N3O4S/c1-18(2)26-25(30)27(15-20-9-6-13-31-20)16-24(29)28-12-10-23-21(11-14-33-23)22(28)17-32-19-7-4-3-5-8-19/h3-5,7-8,11,14,18,20,22H,6,9-10,12-13,15-17H2,1-2H3,(H,26,30). The second-order valence-corrected chi connectivity index (χ2v) is 9.90. The molecule has 0 bridgehead atoms. The maximum atomic E-state index is 13.5. The van der Waals surface area contributed by atoms with Gasteiger partial charge in [0.15, 0.2) is 0 Å². The molecule has 178 valence electrons. The largest absolute Gasteiger partial charge is 0.491 e. The maximum Gasteiger partial charge on any atom is 0.318 e. The van der Waals surface area contributed by atoms with Gasteiger partial charge in [-0.25, -0.2) is 4.79 Å². The molecule has 1 aromatic carbocycles. The van der Waals surface area contributed by atoms with Crippen LogP contribution in [0.4, 0.5) is 4.79 Å². The first-order valence-corrected chi connectivity index (χ1v) is 12.6. The molecule has 7 nitrogen and oxygen atoms in total. The fourth-order valence-electron chi connectivity index (χ4n) is 4.41. The summed E-state index contributed by atoms with van der Waals surface area (Å²) in [5.41, 5.74) is 1.15. The predicted octanol–water partition coefficient (Wildman–Crippen LogP) is 3.85. The van der Waals surface area contributed by atoms with Crippen molar-refractivity contribution >= 4 is 23.3 Å². The number of fused-ring (bicyclic) bond motifs is 1. The van der Waals surface area contributed by atoms with Crippen LogP contribution in [0, 0.1) is 0 Å². The molecule has 0 saturated carbocycles. The minimum Gasteiger partial charge on any atom is -0.491 e. The number of benzene rings is 1. The fourth-order valence-corrected chi connectivity index (χ4v) is 5.34. The van der Waals surface area contributed by atoms with E-state index in [1.807, 2.05) is 49.1 Å². The van der Waals surface area contributed by atoms with Crippen molar-refractivity contribution in [1.82, 2.24) is 15.1 Å². The molecule has 1 aromatic heterocycles. The summed E-state index contributed by atoms with van der Waals surface area (Å²) in [6, 6.07) is 11.3. The first-order valence-electron chi connectivity index (χ1n) is 11.7. The lowest BCUT2D eigenvalue weighted by Gasteiger charge is -2.37. The topological polar surface area (TPSA) is 71.1 Å². The Kier molecular flexibility index (Phi) is 7.88. The summed E-state index contributed by atoms with van der Waals surface area (Å²) in [6.45, 7) is 6.00. The van der Waals surface area contributed by atoms with Crippen LogP contribution in [0.1, 0.15) is 43.2 Å². The number of carbonyl (C=O) groups excluding carboxylic acids is 2. The minimum atomic E-state index is -0.223. The first kappa shape index (κ1) is 23.6. The number of nitrogens with one attached hydrogen (secondary N) is 1. The molecule has 0 radical (unpaired) electrons. The van der Waals surface area contributed by atoms with Crippen molar-refractivity contribution in [3.8, 4) is 5.75 Å². The zero-order valence-electron chi connectivity index (χ0n) is 19.4. The average molecular weight is 472 g/mol. The molecule has 8 heteroatoms. The highest BCUT2D eigenvalue weighted by Gasteiger charge is 2.34. The van der Waals surface area contributed by atoms with Gasteiger partial charge in [-0.2, -0.15) is 0 Å². The first-order chi connectivity index (χ1) is 16.0. The zero-order chi connectivity index (χ0) is 23.2. The number of ether oxygens (including phenoxy) is 2. The lowest BCUT2D eigenvalue weighted by Crippen LogP contribution is -2.52. The van der Waals surface area contributed by atoms with Crippen LogP contribution in [0.5, 0.6) is 5.75 Å². The van der Waals surface area contributed by atoms with Crippen LogP contribution >= 0.6 is 11.3 Å². The second-order valence-electron chi connectivity index (χ2n) is 8.90. The number of nitrogens with zero attached hydrogens (tertiary/aromatic N) is 2. The van der Waals surface area contributed by atoms with E-state index in [0.29, 0.717) is 26.3 Å². The van der Waals surface area contributed by atoms with Crippen molar-refractivity contribution in [1.29, 1.82) is 0 Å². The van der Waals surface area contributed by atoms with Crippen molar-refractivity contribution in [2.24, 2.45) is 0 Å². The highest BCUT2D eigenvalue weighted by atomic mass is 32.1. The molecule has 1 saturated heterocycles. The van der Waals surface area contributed by atoms with E-state index >= 15 is 0 Å². The lowest BCUT2D eigenvalue weighted by atomic mass is 10.0. The van der Waals surface area contributed by atoms with E-state index in [-0.39, 0.29) is 36.7 Å². The average Bonchev–Trinajstić information content (AvgIpc) is 3.49. The molecule has 3 heterocycles. The van der Waals surface area contributed by atoms with Crippen molar-refractivity contribution in [2.45, 2.75) is 51.3 Å². The molecule has 2 aromatic rings. The molecule has 4 rings (SSSR count). The lowest BCUT2D eigenvalue weighted by molar-refractivity contribution is -0.135. The maximum absolute atomic E-state index is 13.5. The van der Waals surface area contributed by atoms with E-state index in [2.05, 4.69) is 16.8 Å². The van der Waals surface area contributed by atoms with Gasteiger partial charge < -0.3 is 24.6 Å². The summed E-state index contributed by atoms with van der Waals surface area (Å²) in [6.07, 6.45) is 2.71. The van der Waals surface area contributed by atoms with Gasteiger partial charge in [0.25, 0.3) is 0 Å². The molecule has 0 spiro atoms. The molecule has 3 amide bonds. The van der Waals surface area contributed by atoms with Crippen LogP contribution in [0.2, 0.25) is 0 Å². The number of para-hydroxylation sites is 1. The van der Waals surface area contributed by atoms with Crippen molar-refractivity contribution < 1.29 is 19.1 Å². The number of rotatable bonds is 8. The van der Waals surface area contributed by atoms with Crippen molar-refractivity contribution in [3.63, 3.8) is 0 Å². The Morgan fingerprint density at radius 1 is 1.27 bits per heavy atom. The number of urea groups is 1. The number of amides is 3. The van der Waals surface area contributed by atoms with Gasteiger partial charge >= 0.3 is 6.03 Å². The molecule has 1 fully saturated rings. The quantitative estimate of drug-likeness (QED) is 0.635. The monoisotopic (exact) mass is 471 g/mol. The third-order valence-corrected chi connectivity index (χ3v) is 7.04. The summed E-state index contributed by atoms with van der Waals surface area (Å²) in [4.78, 5) is 31.2. The Bertz CT molecular complexity index is 927. The van der Waals surface area contributed by atoms with Crippen LogP contribution in [0.3, 0.4) is 0 Å². The molecule has 2 atom stereocenters. The van der Waals surface area contributed by atoms with Gasteiger partial charge in [-0.15, -0.1) is 11.3 Å². The Morgan fingerprint density at radius 2 is 2.09 bits per heavy atom. The number of hydrogen-bond donors (Lipinski definition) is 1. The van der Waals surface area contributed by atoms with E-state index in [9.17, 15) is 9.59 Å². The molecule has 1 N–H and O–H groups in total. The molecular weight excluding hydrogens is 438 g/mol. The van der Waals surface area contributed by atoms with E-state index in [1.165, 1.54) is 4.88 Å². The molecule has 2 aliphatic rings. The summed E-state index contributed by atoms with van der Waals surface area (Å²) < 4.78 is 11.8. The van der Waals surface area contributed by atoms with Gasteiger partial charge in [-0.3, -0.25) is 4.79 Å². The van der Waals surface area contributed by atoms with E-state index in [0.717, 1.165) is 30.6 Å². The molecule has 2 unspecified atom stereocenters. The second kappa shape index (κ2) is 11.0. The molecular formula is C25H33N3O4S. The molecule has 2 aliphatic heterocycles. The van der Waals surface area contributed by atoms with E-state index in [4.69, 9.17) is 9.47 Å². The Balaban J connectivity index is 1.48. The van der Waals surface area contributed by atoms with E-state index in [1.54, 1.807) is 16.2 Å². The summed E-state index contributed by atoms with van der Waals surface area (Å²) in [7, 11) is 0. The highest BCUT2D eigenvalue weighted by Crippen LogP contribution is 2.34. The number of carbonyl (C=O) groups is 2. The summed E-state index contributed by atoms with van der Waals surface area (Å²) in [5, 5.41) is 5.01. The van der Waals surface area contributed by atoms with Gasteiger partial charge in [-0.1, -0.05) is 18.2 Å². The van der Waals surface area contributed by atoms with Crippen LogP contribution < -0.4 is 10.1 Å². The third kappa shape index (κ3) is 6.06. The smallest absolute Gasteiger partial charge is 0.318 e. The van der Waals surface area contributed by atoms with Crippen LogP contribution in [0.15, 0.2) is 41.8 Å².